The molecule has 1 saturated heterocycles. The third kappa shape index (κ3) is 0.896. The summed E-state index contributed by atoms with van der Waals surface area (Å²) < 4.78 is 0. The first-order chi connectivity index (χ1) is 4.63. The highest BCUT2D eigenvalue weighted by Gasteiger charge is 2.29. The number of nitrogens with zero attached hydrogens (tertiary/aromatic N) is 2. The van der Waals surface area contributed by atoms with E-state index in [-0.39, 0.29) is 12.1 Å². The number of likely N-dealkylation sites (tertiary alicyclic amines) is 1. The Balaban J connectivity index is 2.86. The first-order valence-electron chi connectivity index (χ1n) is 2.88. The highest BCUT2D eigenvalue weighted by molar-refractivity contribution is 6.38. The van der Waals surface area contributed by atoms with Crippen LogP contribution in [-0.4, -0.2) is 35.0 Å². The Labute approximate surface area is 57.7 Å². The maximum atomic E-state index is 10.8. The van der Waals surface area contributed by atoms with Gasteiger partial charge in [-0.2, -0.15) is 4.90 Å². The van der Waals surface area contributed by atoms with Gasteiger partial charge in [-0.1, -0.05) is 0 Å². The molecule has 1 aliphatic rings. The average Bonchev–Trinajstić information content (AvgIpc) is 2.14. The van der Waals surface area contributed by atoms with Crippen molar-refractivity contribution in [1.82, 2.24) is 4.90 Å². The van der Waals surface area contributed by atoms with E-state index in [0.717, 1.165) is 0 Å². The van der Waals surface area contributed by atoms with E-state index in [1.807, 2.05) is 0 Å². The van der Waals surface area contributed by atoms with Gasteiger partial charge in [-0.05, 0) is 0 Å². The summed E-state index contributed by atoms with van der Waals surface area (Å²) in [4.78, 5) is 11.5. The number of hydrogen-bond acceptors (Lipinski definition) is 3. The van der Waals surface area contributed by atoms with E-state index in [9.17, 15) is 15.2 Å². The lowest BCUT2D eigenvalue weighted by molar-refractivity contribution is -0.379. The van der Waals surface area contributed by atoms with E-state index in [1.54, 1.807) is 7.05 Å². The van der Waals surface area contributed by atoms with Crippen molar-refractivity contribution in [3.63, 3.8) is 0 Å². The van der Waals surface area contributed by atoms with Gasteiger partial charge in [0, 0.05) is 13.6 Å². The zero-order valence-corrected chi connectivity index (χ0v) is 5.53. The van der Waals surface area contributed by atoms with Gasteiger partial charge in [0.05, 0.1) is 6.42 Å². The molecule has 0 aromatic rings. The van der Waals surface area contributed by atoms with Gasteiger partial charge < -0.3 is 15.3 Å². The van der Waals surface area contributed by atoms with Crippen molar-refractivity contribution in [2.24, 2.45) is 0 Å². The number of rotatable bonds is 0. The minimum absolute atomic E-state index is 0.192. The number of carbonyl (C=O) groups excluding carboxylic acids is 1. The predicted molar refractivity (Wildman–Crippen MR) is 34.3 cm³/mol. The summed E-state index contributed by atoms with van der Waals surface area (Å²) >= 11 is 0. The molecule has 0 bridgehead atoms. The van der Waals surface area contributed by atoms with Crippen LogP contribution in [0.1, 0.15) is 6.42 Å². The normalized spacial score (nSPS) is 18.3. The number of amides is 1. The van der Waals surface area contributed by atoms with Crippen LogP contribution in [0.25, 0.3) is 0 Å². The molecule has 1 heterocycles. The third-order valence-electron chi connectivity index (χ3n) is 1.50. The third-order valence-corrected chi connectivity index (χ3v) is 1.50. The lowest BCUT2D eigenvalue weighted by Gasteiger charge is -2.06. The highest BCUT2D eigenvalue weighted by Crippen LogP contribution is 2.03. The quantitative estimate of drug-likeness (QED) is 0.332. The smallest absolute Gasteiger partial charge is 0.316 e. The Morgan fingerprint density at radius 2 is 2.20 bits per heavy atom. The van der Waals surface area contributed by atoms with Gasteiger partial charge in [0.15, 0.2) is 0 Å². The minimum Gasteiger partial charge on any atom is -0.612 e. The van der Waals surface area contributed by atoms with Crippen LogP contribution in [0.4, 0.5) is 0 Å². The Morgan fingerprint density at radius 3 is 2.40 bits per heavy atom. The molecular weight excluding hydrogens is 136 g/mol. The Bertz CT molecular complexity index is 195. The van der Waals surface area contributed by atoms with Gasteiger partial charge in [0.25, 0.3) is 5.71 Å². The molecule has 0 aromatic carbocycles. The molecule has 0 radical (unpaired) electrons. The molecule has 5 heteroatoms. The van der Waals surface area contributed by atoms with Crippen molar-refractivity contribution < 1.29 is 9.70 Å². The molecule has 0 N–H and O–H groups in total. The van der Waals surface area contributed by atoms with Crippen LogP contribution in [0.2, 0.25) is 0 Å². The Kier molecular flexibility index (Phi) is 1.48. The van der Waals surface area contributed by atoms with Gasteiger partial charge in [-0.3, -0.25) is 4.79 Å². The number of carbonyl (C=O) groups is 1. The monoisotopic (exact) mass is 143 g/mol. The second-order valence-corrected chi connectivity index (χ2v) is 2.18. The van der Waals surface area contributed by atoms with Crippen LogP contribution in [0.15, 0.2) is 0 Å². The van der Waals surface area contributed by atoms with Crippen molar-refractivity contribution in [2.75, 3.05) is 13.6 Å². The van der Waals surface area contributed by atoms with Crippen molar-refractivity contribution in [2.45, 2.75) is 6.42 Å². The highest BCUT2D eigenvalue weighted by atomic mass is 16.8. The maximum Gasteiger partial charge on any atom is 0.316 e. The zero-order valence-electron chi connectivity index (χ0n) is 5.53. The van der Waals surface area contributed by atoms with E-state index in [1.165, 1.54) is 4.90 Å². The molecule has 0 atom stereocenters. The van der Waals surface area contributed by atoms with Crippen LogP contribution >= 0.6 is 0 Å². The molecule has 56 valence electrons. The largest absolute Gasteiger partial charge is 0.612 e. The summed E-state index contributed by atoms with van der Waals surface area (Å²) in [5.74, 6) is -0.454. The second kappa shape index (κ2) is 2.17. The molecule has 0 unspecified atom stereocenters. The molecule has 1 amide bonds. The standard InChI is InChI=1S/C5H7N2O3/c1-6-3-2-4(5(6)8)7(9)10/h2-3H2,1H3/q-1. The first-order valence-corrected chi connectivity index (χ1v) is 2.88. The average molecular weight is 143 g/mol. The van der Waals surface area contributed by atoms with Gasteiger partial charge in [0.2, 0.25) is 0 Å². The van der Waals surface area contributed by atoms with Crippen LogP contribution < -0.4 is 0 Å². The van der Waals surface area contributed by atoms with Crippen molar-refractivity contribution in [1.29, 1.82) is 0 Å². The van der Waals surface area contributed by atoms with E-state index in [0.29, 0.717) is 6.54 Å². The topological polar surface area (TPSA) is 69.4 Å². The molecule has 1 rings (SSSR count). The zero-order chi connectivity index (χ0) is 7.72. The Hall–Kier alpha value is -1.26. The summed E-state index contributed by atoms with van der Waals surface area (Å²) in [5, 5.41) is 20.2. The molecule has 1 aliphatic heterocycles. The molecule has 0 saturated carbocycles. The molecule has 5 nitrogen and oxygen atoms in total. The van der Waals surface area contributed by atoms with Crippen LogP contribution in [0.5, 0.6) is 0 Å². The summed E-state index contributed by atoms with van der Waals surface area (Å²) in [6.45, 7) is 0.467. The van der Waals surface area contributed by atoms with Gasteiger partial charge in [-0.15, -0.1) is 0 Å². The van der Waals surface area contributed by atoms with Gasteiger partial charge in [-0.25, -0.2) is 0 Å². The fraction of sp³-hybridized carbons (Fsp3) is 0.600. The van der Waals surface area contributed by atoms with Crippen LogP contribution in [0, 0.1) is 10.4 Å². The summed E-state index contributed by atoms with van der Waals surface area (Å²) in [7, 11) is 1.55. The number of hydrogen-bond donors (Lipinski definition) is 0. The summed E-state index contributed by atoms with van der Waals surface area (Å²) in [6, 6.07) is 0. The second-order valence-electron chi connectivity index (χ2n) is 2.18. The van der Waals surface area contributed by atoms with Crippen LogP contribution in [-0.2, 0) is 4.79 Å². The fourth-order valence-corrected chi connectivity index (χ4v) is 0.872. The minimum atomic E-state index is -0.605. The van der Waals surface area contributed by atoms with Gasteiger partial charge in [0.1, 0.15) is 0 Å². The lowest BCUT2D eigenvalue weighted by Crippen LogP contribution is -2.25. The van der Waals surface area contributed by atoms with E-state index in [2.05, 4.69) is 0 Å². The predicted octanol–water partition coefficient (Wildman–Crippen LogP) is -0.702. The van der Waals surface area contributed by atoms with E-state index in [4.69, 9.17) is 0 Å². The van der Waals surface area contributed by atoms with E-state index >= 15 is 0 Å². The van der Waals surface area contributed by atoms with E-state index < -0.39 is 10.8 Å². The summed E-state index contributed by atoms with van der Waals surface area (Å²) in [5.41, 5.74) is -0.192. The SMILES string of the molecule is CN1CCC(=[N+]([O-])[O-])C1=O. The summed E-state index contributed by atoms with van der Waals surface area (Å²) in [6.07, 6.45) is 0.266. The van der Waals surface area contributed by atoms with Crippen LogP contribution in [0.3, 0.4) is 0 Å². The Morgan fingerprint density at radius 1 is 1.60 bits per heavy atom. The van der Waals surface area contributed by atoms with Crippen molar-refractivity contribution in [3.05, 3.63) is 10.4 Å². The maximum absolute atomic E-state index is 10.8. The molecule has 1 fully saturated rings. The fourth-order valence-electron chi connectivity index (χ4n) is 0.872. The molecular formula is C5H7N2O3-. The first kappa shape index (κ1) is 6.85. The molecule has 10 heavy (non-hydrogen) atoms. The lowest BCUT2D eigenvalue weighted by atomic mass is 10.3. The van der Waals surface area contributed by atoms with Gasteiger partial charge >= 0.3 is 5.91 Å². The molecule has 0 aromatic heterocycles. The molecule has 0 aliphatic carbocycles. The molecule has 0 spiro atoms. The van der Waals surface area contributed by atoms with Crippen molar-refractivity contribution >= 4 is 11.6 Å². The van der Waals surface area contributed by atoms with Crippen molar-refractivity contribution in [3.8, 4) is 0 Å².